The van der Waals surface area contributed by atoms with Gasteiger partial charge in [0.1, 0.15) is 0 Å². The molecule has 0 saturated heterocycles. The summed E-state index contributed by atoms with van der Waals surface area (Å²) in [5.74, 6) is 0. The van der Waals surface area contributed by atoms with E-state index in [-0.39, 0.29) is 49.8 Å². The van der Waals surface area contributed by atoms with Crippen LogP contribution in [0.3, 0.4) is 0 Å². The van der Waals surface area contributed by atoms with Crippen molar-refractivity contribution >= 4 is 7.32 Å². The quantitative estimate of drug-likeness (QED) is 0.252. The fourth-order valence-electron chi connectivity index (χ4n) is 0. The van der Waals surface area contributed by atoms with Crippen LogP contribution in [0, 0.1) is 0 Å². The summed E-state index contributed by atoms with van der Waals surface area (Å²) in [7, 11) is -2.17. The van der Waals surface area contributed by atoms with Gasteiger partial charge in [0.25, 0.3) is 0 Å². The molecule has 0 radical (unpaired) electrons. The van der Waals surface area contributed by atoms with Crippen molar-refractivity contribution in [3.8, 4) is 0 Å². The number of hydrogen-bond donors (Lipinski definition) is 3. The van der Waals surface area contributed by atoms with Crippen LogP contribution in [-0.4, -0.2) is 22.4 Å². The van der Waals surface area contributed by atoms with Crippen LogP contribution >= 0.6 is 0 Å². The Morgan fingerprint density at radius 2 is 0.778 bits per heavy atom. The maximum absolute atomic E-state index is 7.17. The average Bonchev–Trinajstić information content (AvgIpc) is 0.811. The van der Waals surface area contributed by atoms with Crippen molar-refractivity contribution in [2.24, 2.45) is 0 Å². The van der Waals surface area contributed by atoms with Crippen LogP contribution in [0.15, 0.2) is 0 Å². The number of rotatable bonds is 0. The molecule has 9 heteroatoms. The predicted molar refractivity (Wildman–Crippen MR) is 23.5 cm³/mol. The van der Waals surface area contributed by atoms with E-state index < -0.39 is 7.32 Å². The Balaban J connectivity index is -0.00000000300. The minimum Gasteiger partial charge on any atom is -1.00 e. The number of halogens is 4. The van der Waals surface area contributed by atoms with Gasteiger partial charge in [0, 0.05) is 0 Å². The van der Waals surface area contributed by atoms with Crippen molar-refractivity contribution < 1.29 is 64.9 Å². The van der Waals surface area contributed by atoms with Crippen molar-refractivity contribution in [1.82, 2.24) is 0 Å². The zero-order chi connectivity index (χ0) is 3.58. The monoisotopic (exact) mass is 166 g/mol. The summed E-state index contributed by atoms with van der Waals surface area (Å²) in [5, 5.41) is 21.5. The maximum atomic E-state index is 7.17. The molecule has 0 rings (SSSR count). The van der Waals surface area contributed by atoms with Crippen molar-refractivity contribution in [3.05, 3.63) is 0 Å². The molecule has 9 heavy (non-hydrogen) atoms. The Morgan fingerprint density at radius 1 is 0.778 bits per heavy atom. The first-order valence-corrected chi connectivity index (χ1v) is 0.775. The van der Waals surface area contributed by atoms with Gasteiger partial charge < -0.3 is 16.5 Å². The third-order valence-corrected chi connectivity index (χ3v) is 0. The first-order chi connectivity index (χ1) is 1.73. The van der Waals surface area contributed by atoms with Crippen LogP contribution < -0.4 is 29.6 Å². The zero-order valence-electron chi connectivity index (χ0n) is 5.55. The van der Waals surface area contributed by atoms with Crippen LogP contribution in [0.4, 0.5) is 18.8 Å². The van der Waals surface area contributed by atoms with E-state index in [2.05, 4.69) is 0 Å². The van der Waals surface area contributed by atoms with E-state index in [1.807, 2.05) is 0 Å². The predicted octanol–water partition coefficient (Wildman–Crippen LogP) is -4.33. The molecule has 3 N–H and O–H groups in total. The van der Waals surface area contributed by atoms with Gasteiger partial charge in [0.05, 0.1) is 0 Å². The molecule has 3 nitrogen and oxygen atoms in total. The second kappa shape index (κ2) is 37.9. The van der Waals surface area contributed by atoms with Crippen molar-refractivity contribution in [2.75, 3.05) is 0 Å². The van der Waals surface area contributed by atoms with Crippen molar-refractivity contribution in [1.29, 1.82) is 0 Å². The van der Waals surface area contributed by atoms with E-state index in [1.54, 1.807) is 0 Å². The van der Waals surface area contributed by atoms with Gasteiger partial charge in [-0.3, -0.25) is 18.8 Å². The Bertz CT molecular complexity index is 25.2. The molecule has 0 spiro atoms. The zero-order valence-corrected chi connectivity index (χ0v) is 6.55. The van der Waals surface area contributed by atoms with Crippen LogP contribution in [0.25, 0.3) is 0 Å². The van der Waals surface area contributed by atoms with Gasteiger partial charge >= 0.3 is 36.9 Å². The molecule has 0 aliphatic carbocycles. The second-order valence-corrected chi connectivity index (χ2v) is 0.346. The standard InChI is InChI=1S/BH3O3.4FH.Na.H/c2-1(3)4;;;;;;/h2-4H;4*1H;;/q;;;;;+1;-1. The summed E-state index contributed by atoms with van der Waals surface area (Å²) >= 11 is 0. The summed E-state index contributed by atoms with van der Waals surface area (Å²) in [4.78, 5) is 0. The molecule has 58 valence electrons. The molecule has 0 fully saturated rings. The third kappa shape index (κ3) is 871. The molecule has 0 atom stereocenters. The molecule has 0 aromatic rings. The average molecular weight is 166 g/mol. The SMILES string of the molecule is F.F.F.F.OB(O)O.[H-].[Na+]. The Hall–Kier alpha value is 0.665. The molecule has 0 bridgehead atoms. The second-order valence-electron chi connectivity index (χ2n) is 0.346. The summed E-state index contributed by atoms with van der Waals surface area (Å²) in [5.41, 5.74) is 0. The van der Waals surface area contributed by atoms with Crippen LogP contribution in [-0.2, 0) is 0 Å². The van der Waals surface area contributed by atoms with Crippen LogP contribution in [0.5, 0.6) is 0 Å². The molecule has 0 amide bonds. The molecule has 0 heterocycles. The van der Waals surface area contributed by atoms with Crippen molar-refractivity contribution in [2.45, 2.75) is 0 Å². The van der Waals surface area contributed by atoms with Gasteiger partial charge in [0.2, 0.25) is 0 Å². The van der Waals surface area contributed by atoms with Crippen LogP contribution in [0.2, 0.25) is 0 Å². The molecule has 0 aromatic carbocycles. The van der Waals surface area contributed by atoms with E-state index >= 15 is 0 Å². The van der Waals surface area contributed by atoms with E-state index in [0.717, 1.165) is 0 Å². The molecular formula is H8BF4NaO3. The normalized spacial score (nSPS) is 3.00. The largest absolute Gasteiger partial charge is 1.00 e. The van der Waals surface area contributed by atoms with Gasteiger partial charge in [-0.15, -0.1) is 0 Å². The smallest absolute Gasteiger partial charge is 1.00 e. The van der Waals surface area contributed by atoms with Gasteiger partial charge in [-0.05, 0) is 0 Å². The van der Waals surface area contributed by atoms with Gasteiger partial charge in [0.15, 0.2) is 0 Å². The number of hydrogen-bond acceptors (Lipinski definition) is 3. The first-order valence-electron chi connectivity index (χ1n) is 0.775. The molecule has 0 aromatic heterocycles. The molecular weight excluding hydrogens is 158 g/mol. The molecule has 0 aliphatic heterocycles. The summed E-state index contributed by atoms with van der Waals surface area (Å²) in [6, 6.07) is 0. The van der Waals surface area contributed by atoms with E-state index in [0.29, 0.717) is 0 Å². The summed E-state index contributed by atoms with van der Waals surface area (Å²) in [6.07, 6.45) is 0. The topological polar surface area (TPSA) is 60.7 Å². The summed E-state index contributed by atoms with van der Waals surface area (Å²) in [6.45, 7) is 0. The van der Waals surface area contributed by atoms with Crippen molar-refractivity contribution in [3.63, 3.8) is 0 Å². The van der Waals surface area contributed by atoms with E-state index in [4.69, 9.17) is 15.1 Å². The molecule has 0 aliphatic rings. The van der Waals surface area contributed by atoms with Gasteiger partial charge in [-0.25, -0.2) is 0 Å². The van der Waals surface area contributed by atoms with Crippen LogP contribution in [0.1, 0.15) is 1.43 Å². The van der Waals surface area contributed by atoms with Gasteiger partial charge in [-0.1, -0.05) is 0 Å². The first kappa shape index (κ1) is 54.0. The molecule has 0 unspecified atom stereocenters. The maximum Gasteiger partial charge on any atom is 1.00 e. The Kier molecular flexibility index (Phi) is 228. The molecule has 0 saturated carbocycles. The third-order valence-electron chi connectivity index (χ3n) is 0. The van der Waals surface area contributed by atoms with E-state index in [1.165, 1.54) is 0 Å². The minimum atomic E-state index is -2.17. The minimum absolute atomic E-state index is 0. The fourth-order valence-corrected chi connectivity index (χ4v) is 0. The van der Waals surface area contributed by atoms with Gasteiger partial charge in [-0.2, -0.15) is 0 Å². The van der Waals surface area contributed by atoms with E-state index in [9.17, 15) is 0 Å². The Morgan fingerprint density at radius 3 is 0.778 bits per heavy atom. The fraction of sp³-hybridized carbons (Fsp3) is 0. The Labute approximate surface area is 72.5 Å². The summed E-state index contributed by atoms with van der Waals surface area (Å²) < 4.78 is 0.